The smallest absolute Gasteiger partial charge is 0.387 e. The van der Waals surface area contributed by atoms with Crippen molar-refractivity contribution in [2.24, 2.45) is 0 Å². The molecule has 1 aromatic carbocycles. The minimum absolute atomic E-state index is 0.135. The van der Waals surface area contributed by atoms with Crippen LogP contribution in [-0.2, 0) is 13.0 Å². The second-order valence-corrected chi connectivity index (χ2v) is 4.88. The van der Waals surface area contributed by atoms with E-state index in [1.54, 1.807) is 16.6 Å². The van der Waals surface area contributed by atoms with Gasteiger partial charge in [-0.05, 0) is 30.2 Å². The van der Waals surface area contributed by atoms with E-state index in [-0.39, 0.29) is 5.75 Å². The number of nitrogens with zero attached hydrogens (tertiary/aromatic N) is 4. The number of alkyl halides is 2. The third-order valence-corrected chi connectivity index (χ3v) is 3.29. The number of aryl methyl sites for hydroxylation is 1. The maximum absolute atomic E-state index is 12.3. The topological polar surface area (TPSA) is 64.3 Å². The van der Waals surface area contributed by atoms with Crippen LogP contribution in [0.4, 0.5) is 14.5 Å². The molecule has 0 unspecified atom stereocenters. The molecule has 8 heteroatoms. The fourth-order valence-corrected chi connectivity index (χ4v) is 2.21. The Bertz CT molecular complexity index is 805. The van der Waals surface area contributed by atoms with E-state index in [2.05, 4.69) is 25.3 Å². The van der Waals surface area contributed by atoms with Gasteiger partial charge in [-0.2, -0.15) is 18.4 Å². The molecule has 0 amide bonds. The van der Waals surface area contributed by atoms with Crippen LogP contribution in [0.3, 0.4) is 0 Å². The van der Waals surface area contributed by atoms with Crippen LogP contribution >= 0.6 is 0 Å². The number of nitrogens with one attached hydrogen (secondary N) is 1. The van der Waals surface area contributed by atoms with Gasteiger partial charge in [-0.3, -0.25) is 0 Å². The highest BCUT2D eigenvalue weighted by atomic mass is 19.3. The van der Waals surface area contributed by atoms with E-state index in [0.717, 1.165) is 23.4 Å². The summed E-state index contributed by atoms with van der Waals surface area (Å²) in [6.07, 6.45) is 2.32. The third-order valence-electron chi connectivity index (χ3n) is 3.29. The summed E-state index contributed by atoms with van der Waals surface area (Å²) in [6, 6.07) is 8.47. The Balaban J connectivity index is 1.79. The highest BCUT2D eigenvalue weighted by Gasteiger charge is 2.08. The summed E-state index contributed by atoms with van der Waals surface area (Å²) < 4.78 is 30.5. The molecule has 1 N–H and O–H groups in total. The first-order valence-corrected chi connectivity index (χ1v) is 7.13. The van der Waals surface area contributed by atoms with Crippen molar-refractivity contribution in [2.75, 3.05) is 5.32 Å². The van der Waals surface area contributed by atoms with Gasteiger partial charge in [-0.25, -0.2) is 0 Å². The lowest BCUT2D eigenvalue weighted by Crippen LogP contribution is -2.06. The number of rotatable bonds is 6. The monoisotopic (exact) mass is 319 g/mol. The first kappa shape index (κ1) is 15.1. The molecule has 0 saturated carbocycles. The van der Waals surface area contributed by atoms with Crippen molar-refractivity contribution >= 4 is 11.3 Å². The summed E-state index contributed by atoms with van der Waals surface area (Å²) in [5.41, 5.74) is 3.11. The lowest BCUT2D eigenvalue weighted by Gasteiger charge is -2.10. The molecular formula is C15H15F2N5O. The largest absolute Gasteiger partial charge is 0.435 e. The van der Waals surface area contributed by atoms with E-state index in [9.17, 15) is 8.78 Å². The zero-order valence-corrected chi connectivity index (χ0v) is 12.4. The number of ether oxygens (including phenoxy) is 1. The Morgan fingerprint density at radius 1 is 1.30 bits per heavy atom. The first-order valence-electron chi connectivity index (χ1n) is 7.13. The molecular weight excluding hydrogens is 304 g/mol. The molecule has 0 fully saturated rings. The van der Waals surface area contributed by atoms with Crippen LogP contribution < -0.4 is 10.1 Å². The van der Waals surface area contributed by atoms with Crippen molar-refractivity contribution in [3.8, 4) is 5.75 Å². The predicted octanol–water partition coefficient (Wildman–Crippen LogP) is 2.90. The van der Waals surface area contributed by atoms with Crippen molar-refractivity contribution in [2.45, 2.75) is 26.5 Å². The highest BCUT2D eigenvalue weighted by Crippen LogP contribution is 2.19. The fourth-order valence-electron chi connectivity index (χ4n) is 2.21. The van der Waals surface area contributed by atoms with E-state index in [1.807, 2.05) is 19.1 Å². The minimum Gasteiger partial charge on any atom is -0.435 e. The molecule has 3 rings (SSSR count). The Kier molecular flexibility index (Phi) is 4.31. The molecule has 0 radical (unpaired) electrons. The Morgan fingerprint density at radius 3 is 2.96 bits per heavy atom. The van der Waals surface area contributed by atoms with Gasteiger partial charge in [-0.1, -0.05) is 19.1 Å². The second kappa shape index (κ2) is 6.55. The number of anilines is 1. The molecule has 6 nitrogen and oxygen atoms in total. The molecule has 0 aliphatic rings. The van der Waals surface area contributed by atoms with Gasteiger partial charge in [-0.15, -0.1) is 10.2 Å². The van der Waals surface area contributed by atoms with Gasteiger partial charge in [0.15, 0.2) is 0 Å². The van der Waals surface area contributed by atoms with Crippen LogP contribution in [0.1, 0.15) is 18.2 Å². The summed E-state index contributed by atoms with van der Waals surface area (Å²) in [5.74, 6) is 0.135. The number of hydrogen-bond donors (Lipinski definition) is 1. The molecule has 3 aromatic rings. The molecule has 0 aliphatic carbocycles. The van der Waals surface area contributed by atoms with E-state index in [0.29, 0.717) is 12.2 Å². The van der Waals surface area contributed by atoms with Gasteiger partial charge in [0, 0.05) is 6.54 Å². The standard InChI is InChI=1S/C15H15F2N5O/c1-2-11-7-13(14-20-19-9-22(14)21-11)18-8-10-4-3-5-12(6-10)23-15(16)17/h3-7,9,15,18H,2,8H2,1H3. The van der Waals surface area contributed by atoms with Crippen molar-refractivity contribution < 1.29 is 13.5 Å². The maximum atomic E-state index is 12.3. The van der Waals surface area contributed by atoms with Crippen LogP contribution in [0.25, 0.3) is 5.65 Å². The van der Waals surface area contributed by atoms with Crippen LogP contribution in [0, 0.1) is 0 Å². The van der Waals surface area contributed by atoms with Crippen LogP contribution in [0.2, 0.25) is 0 Å². The summed E-state index contributed by atoms with van der Waals surface area (Å²) in [7, 11) is 0. The van der Waals surface area contributed by atoms with Crippen LogP contribution in [0.5, 0.6) is 5.75 Å². The van der Waals surface area contributed by atoms with Crippen molar-refractivity contribution in [1.82, 2.24) is 19.8 Å². The molecule has 2 aromatic heterocycles. The summed E-state index contributed by atoms with van der Waals surface area (Å²) in [6.45, 7) is -0.384. The number of aromatic nitrogens is 4. The zero-order chi connectivity index (χ0) is 16.2. The maximum Gasteiger partial charge on any atom is 0.387 e. The van der Waals surface area contributed by atoms with Gasteiger partial charge in [0.1, 0.15) is 12.1 Å². The fraction of sp³-hybridized carbons (Fsp3) is 0.267. The van der Waals surface area contributed by atoms with E-state index in [4.69, 9.17) is 0 Å². The number of halogens is 2. The molecule has 120 valence electrons. The molecule has 23 heavy (non-hydrogen) atoms. The number of fused-ring (bicyclic) bond motifs is 1. The third kappa shape index (κ3) is 3.53. The SMILES string of the molecule is CCc1cc(NCc2cccc(OC(F)F)c2)c2nncn2n1. The van der Waals surface area contributed by atoms with Gasteiger partial charge >= 0.3 is 6.61 Å². The molecule has 0 spiro atoms. The summed E-state index contributed by atoms with van der Waals surface area (Å²) in [5, 5.41) is 15.5. The van der Waals surface area contributed by atoms with Gasteiger partial charge < -0.3 is 10.1 Å². The van der Waals surface area contributed by atoms with E-state index < -0.39 is 6.61 Å². The van der Waals surface area contributed by atoms with Crippen LogP contribution in [-0.4, -0.2) is 26.4 Å². The minimum atomic E-state index is -2.83. The zero-order valence-electron chi connectivity index (χ0n) is 12.4. The molecule has 0 saturated heterocycles. The average Bonchev–Trinajstić information content (AvgIpc) is 3.00. The molecule has 0 bridgehead atoms. The summed E-state index contributed by atoms with van der Waals surface area (Å²) in [4.78, 5) is 0. The number of benzene rings is 1. The predicted molar refractivity (Wildman–Crippen MR) is 80.6 cm³/mol. The highest BCUT2D eigenvalue weighted by molar-refractivity contribution is 5.66. The first-order chi connectivity index (χ1) is 11.2. The van der Waals surface area contributed by atoms with Crippen molar-refractivity contribution in [3.05, 3.63) is 47.9 Å². The van der Waals surface area contributed by atoms with E-state index in [1.165, 1.54) is 12.4 Å². The number of hydrogen-bond acceptors (Lipinski definition) is 5. The lowest BCUT2D eigenvalue weighted by molar-refractivity contribution is -0.0498. The van der Waals surface area contributed by atoms with Gasteiger partial charge in [0.25, 0.3) is 0 Å². The molecule has 2 heterocycles. The van der Waals surface area contributed by atoms with Gasteiger partial charge in [0.2, 0.25) is 5.65 Å². The average molecular weight is 319 g/mol. The summed E-state index contributed by atoms with van der Waals surface area (Å²) >= 11 is 0. The van der Waals surface area contributed by atoms with Gasteiger partial charge in [0.05, 0.1) is 11.4 Å². The molecule has 0 atom stereocenters. The Labute approximate surface area is 131 Å². The normalized spacial score (nSPS) is 11.1. The quantitative estimate of drug-likeness (QED) is 0.757. The van der Waals surface area contributed by atoms with Crippen LogP contribution in [0.15, 0.2) is 36.7 Å². The van der Waals surface area contributed by atoms with E-state index >= 15 is 0 Å². The van der Waals surface area contributed by atoms with Crippen molar-refractivity contribution in [1.29, 1.82) is 0 Å². The Hall–Kier alpha value is -2.77. The lowest BCUT2D eigenvalue weighted by atomic mass is 10.2. The second-order valence-electron chi connectivity index (χ2n) is 4.88. The molecule has 0 aliphatic heterocycles. The Morgan fingerprint density at radius 2 is 2.17 bits per heavy atom. The van der Waals surface area contributed by atoms with Crippen molar-refractivity contribution in [3.63, 3.8) is 0 Å².